The van der Waals surface area contributed by atoms with Crippen LogP contribution in [0.3, 0.4) is 0 Å². The molecule has 2 aromatic carbocycles. The number of halogens is 3. The molecule has 6 atom stereocenters. The number of carbonyl (C=O) groups is 5. The maximum atomic E-state index is 14.1. The summed E-state index contributed by atoms with van der Waals surface area (Å²) in [6.45, 7) is 3.44. The van der Waals surface area contributed by atoms with E-state index in [4.69, 9.17) is 27.9 Å². The van der Waals surface area contributed by atoms with Crippen LogP contribution in [0.15, 0.2) is 54.1 Å². The number of imide groups is 2. The van der Waals surface area contributed by atoms with Crippen molar-refractivity contribution >= 4 is 74.2 Å². The molecule has 2 aromatic rings. The van der Waals surface area contributed by atoms with Crippen LogP contribution in [0.2, 0.25) is 0 Å². The molecule has 4 aliphatic rings. The van der Waals surface area contributed by atoms with E-state index >= 15 is 0 Å². The fourth-order valence-corrected chi connectivity index (χ4v) is 8.66. The Balaban J connectivity index is 1.50. The minimum Gasteiger partial charge on any atom is -0.504 e. The van der Waals surface area contributed by atoms with Gasteiger partial charge in [-0.25, -0.2) is 0 Å². The molecule has 43 heavy (non-hydrogen) atoms. The molecule has 0 spiro atoms. The molecule has 0 unspecified atom stereocenters. The van der Waals surface area contributed by atoms with E-state index in [9.17, 15) is 29.1 Å². The van der Waals surface area contributed by atoms with E-state index in [1.54, 1.807) is 55.5 Å². The molecule has 4 amide bonds. The van der Waals surface area contributed by atoms with E-state index in [-0.39, 0.29) is 47.7 Å². The van der Waals surface area contributed by atoms with Gasteiger partial charge in [-0.1, -0.05) is 39.7 Å². The van der Waals surface area contributed by atoms with Gasteiger partial charge in [-0.05, 0) is 62.9 Å². The average molecular weight is 690 g/mol. The Hall–Kier alpha value is -3.21. The van der Waals surface area contributed by atoms with Crippen molar-refractivity contribution in [2.45, 2.75) is 42.4 Å². The van der Waals surface area contributed by atoms with Gasteiger partial charge in [0.25, 0.3) is 11.8 Å². The molecule has 6 rings (SSSR count). The standard InChI is InChI=1S/C31H27BrCl2N2O7/c1-3-43-22-6-4-5-20(25(22)38)24-18-11-12-19-23(21(18)13-30(33)28(41)35(14-32)29(42)31(24,30)34)27(40)36(26(19)39)17-9-7-16(8-10-17)15(2)37/h4-11,19,21,23-24,38H,3,12-14H2,1-2H3/t19-,21+,23-,24+,30+,31-/m0/s1. The summed E-state index contributed by atoms with van der Waals surface area (Å²) in [6.07, 6.45) is 1.81. The number of allylic oxidation sites excluding steroid dienone is 2. The predicted molar refractivity (Wildman–Crippen MR) is 162 cm³/mol. The first kappa shape index (κ1) is 29.8. The van der Waals surface area contributed by atoms with Crippen molar-refractivity contribution in [3.05, 3.63) is 65.2 Å². The van der Waals surface area contributed by atoms with Gasteiger partial charge in [-0.3, -0.25) is 33.8 Å². The summed E-state index contributed by atoms with van der Waals surface area (Å²) in [7, 11) is 0. The second-order valence-electron chi connectivity index (χ2n) is 11.2. The fourth-order valence-electron chi connectivity index (χ4n) is 7.24. The number of amides is 4. The van der Waals surface area contributed by atoms with Gasteiger partial charge in [0, 0.05) is 17.0 Å². The molecule has 3 fully saturated rings. The highest BCUT2D eigenvalue weighted by Crippen LogP contribution is 2.66. The van der Waals surface area contributed by atoms with E-state index in [0.29, 0.717) is 16.8 Å². The Kier molecular flexibility index (Phi) is 7.26. The van der Waals surface area contributed by atoms with Gasteiger partial charge in [0.15, 0.2) is 27.0 Å². The third-order valence-electron chi connectivity index (χ3n) is 9.19. The maximum absolute atomic E-state index is 14.1. The topological polar surface area (TPSA) is 121 Å². The summed E-state index contributed by atoms with van der Waals surface area (Å²) < 4.78 is 5.61. The van der Waals surface area contributed by atoms with Gasteiger partial charge in [0.1, 0.15) is 0 Å². The second-order valence-corrected chi connectivity index (χ2v) is 13.0. The van der Waals surface area contributed by atoms with Gasteiger partial charge in [0.05, 0.1) is 29.6 Å². The lowest BCUT2D eigenvalue weighted by atomic mass is 9.56. The number of anilines is 1. The van der Waals surface area contributed by atoms with Crippen molar-refractivity contribution in [1.82, 2.24) is 4.90 Å². The third kappa shape index (κ3) is 3.98. The largest absolute Gasteiger partial charge is 0.504 e. The first-order valence-corrected chi connectivity index (χ1v) is 15.7. The molecule has 9 nitrogen and oxygen atoms in total. The number of phenolic OH excluding ortho intramolecular Hbond substituents is 1. The van der Waals surface area contributed by atoms with Crippen molar-refractivity contribution in [3.63, 3.8) is 0 Å². The number of para-hydroxylation sites is 1. The molecule has 0 radical (unpaired) electrons. The first-order valence-electron chi connectivity index (χ1n) is 13.9. The molecule has 2 saturated heterocycles. The number of nitrogens with zero attached hydrogens (tertiary/aromatic N) is 2. The molecule has 2 aliphatic heterocycles. The van der Waals surface area contributed by atoms with Crippen LogP contribution >= 0.6 is 39.1 Å². The predicted octanol–water partition coefficient (Wildman–Crippen LogP) is 4.91. The zero-order valence-electron chi connectivity index (χ0n) is 23.2. The number of Topliss-reactive ketones (excluding diaryl/α,β-unsaturated/α-hetero) is 1. The van der Waals surface area contributed by atoms with Gasteiger partial charge in [0.2, 0.25) is 11.8 Å². The van der Waals surface area contributed by atoms with Crippen molar-refractivity contribution in [1.29, 1.82) is 0 Å². The quantitative estimate of drug-likeness (QED) is 0.150. The van der Waals surface area contributed by atoms with E-state index in [0.717, 1.165) is 9.80 Å². The number of phenols is 1. The number of ketones is 1. The van der Waals surface area contributed by atoms with Gasteiger partial charge >= 0.3 is 0 Å². The van der Waals surface area contributed by atoms with Crippen LogP contribution in [0.4, 0.5) is 5.69 Å². The summed E-state index contributed by atoms with van der Waals surface area (Å²) in [6, 6.07) is 11.0. The van der Waals surface area contributed by atoms with Gasteiger partial charge in [-0.15, -0.1) is 23.2 Å². The molecule has 2 heterocycles. The van der Waals surface area contributed by atoms with E-state index < -0.39 is 57.0 Å². The van der Waals surface area contributed by atoms with E-state index in [2.05, 4.69) is 15.9 Å². The number of carbonyl (C=O) groups excluding carboxylic acids is 5. The molecule has 1 N–H and O–H groups in total. The van der Waals surface area contributed by atoms with Crippen molar-refractivity contribution in [2.75, 3.05) is 17.0 Å². The summed E-state index contributed by atoms with van der Waals surface area (Å²) in [4.78, 5) is 65.3. The number of hydrogen-bond donors (Lipinski definition) is 1. The van der Waals surface area contributed by atoms with E-state index in [1.165, 1.54) is 6.92 Å². The monoisotopic (exact) mass is 688 g/mol. The lowest BCUT2D eigenvalue weighted by molar-refractivity contribution is -0.138. The normalized spacial score (nSPS) is 31.5. The van der Waals surface area contributed by atoms with Crippen molar-refractivity contribution in [2.24, 2.45) is 17.8 Å². The minimum absolute atomic E-state index is 0.150. The highest BCUT2D eigenvalue weighted by atomic mass is 79.9. The molecule has 12 heteroatoms. The molecule has 0 bridgehead atoms. The Morgan fingerprint density at radius 1 is 1.05 bits per heavy atom. The molecular formula is C31H27BrCl2N2O7. The number of hydrogen-bond acceptors (Lipinski definition) is 7. The number of aromatic hydroxyl groups is 1. The highest BCUT2D eigenvalue weighted by molar-refractivity contribution is 9.09. The Morgan fingerprint density at radius 2 is 1.74 bits per heavy atom. The Bertz CT molecular complexity index is 1630. The Morgan fingerprint density at radius 3 is 2.37 bits per heavy atom. The molecule has 0 aromatic heterocycles. The summed E-state index contributed by atoms with van der Waals surface area (Å²) in [5.74, 6) is -6.03. The minimum atomic E-state index is -2.04. The third-order valence-corrected chi connectivity index (χ3v) is 11.1. The number of fused-ring (bicyclic) bond motifs is 4. The summed E-state index contributed by atoms with van der Waals surface area (Å²) in [5, 5.41) is 11.4. The highest BCUT2D eigenvalue weighted by Gasteiger charge is 2.76. The molecule has 2 aliphatic carbocycles. The second kappa shape index (κ2) is 10.5. The average Bonchev–Trinajstić information content (AvgIpc) is 3.32. The van der Waals surface area contributed by atoms with Crippen LogP contribution in [0.5, 0.6) is 11.5 Å². The summed E-state index contributed by atoms with van der Waals surface area (Å²) in [5.41, 5.74) is 1.41. The fraction of sp³-hybridized carbons (Fsp3) is 0.387. The lowest BCUT2D eigenvalue weighted by Crippen LogP contribution is -2.60. The van der Waals surface area contributed by atoms with Gasteiger partial charge in [-0.2, -0.15) is 0 Å². The van der Waals surface area contributed by atoms with Crippen LogP contribution in [-0.2, 0) is 19.2 Å². The zero-order chi connectivity index (χ0) is 31.0. The Labute approximate surface area is 265 Å². The van der Waals surface area contributed by atoms with Crippen LogP contribution in [0.1, 0.15) is 48.5 Å². The smallest absolute Gasteiger partial charge is 0.254 e. The number of alkyl halides is 3. The van der Waals surface area contributed by atoms with Crippen molar-refractivity contribution in [3.8, 4) is 11.5 Å². The SMILES string of the molecule is CCOc1cccc([C@H]2C3=CC[C@@H]4C(=O)N(c5ccc(C(C)=O)cc5)C(=O)[C@@H]4[C@@H]3C[C@@]3(Cl)C(=O)N(CBr)C(=O)[C@@]23Cl)c1O. The number of likely N-dealkylation sites (tertiary alicyclic amines) is 1. The molecule has 224 valence electrons. The van der Waals surface area contributed by atoms with Crippen LogP contribution in [-0.4, -0.2) is 61.2 Å². The number of rotatable bonds is 6. The van der Waals surface area contributed by atoms with Crippen molar-refractivity contribution < 1.29 is 33.8 Å². The summed E-state index contributed by atoms with van der Waals surface area (Å²) >= 11 is 17.7. The van der Waals surface area contributed by atoms with E-state index in [1.807, 2.05) is 0 Å². The van der Waals surface area contributed by atoms with Gasteiger partial charge < -0.3 is 9.84 Å². The number of ether oxygens (including phenoxy) is 1. The lowest BCUT2D eigenvalue weighted by Gasteiger charge is -2.50. The number of benzene rings is 2. The first-order chi connectivity index (χ1) is 20.4. The zero-order valence-corrected chi connectivity index (χ0v) is 26.3. The molecule has 1 saturated carbocycles. The van der Waals surface area contributed by atoms with Crippen LogP contribution in [0.25, 0.3) is 0 Å². The van der Waals surface area contributed by atoms with Crippen LogP contribution < -0.4 is 9.64 Å². The van der Waals surface area contributed by atoms with Crippen LogP contribution in [0, 0.1) is 17.8 Å². The maximum Gasteiger partial charge on any atom is 0.254 e. The molecular weight excluding hydrogens is 663 g/mol.